The van der Waals surface area contributed by atoms with Crippen molar-refractivity contribution < 1.29 is 80.2 Å². The molecule has 0 fully saturated rings. The van der Waals surface area contributed by atoms with Gasteiger partial charge in [0.2, 0.25) is 0 Å². The van der Waals surface area contributed by atoms with E-state index in [1.807, 2.05) is 0 Å². The van der Waals surface area contributed by atoms with Gasteiger partial charge in [0.25, 0.3) is 0 Å². The summed E-state index contributed by atoms with van der Waals surface area (Å²) < 4.78 is 68.4. The van der Waals surface area contributed by atoms with Crippen LogP contribution in [0.2, 0.25) is 0 Å². The van der Waals surface area contributed by atoms with Crippen molar-refractivity contribution in [1.82, 2.24) is 0 Å². The number of phosphoric acid groups is 2. The summed E-state index contributed by atoms with van der Waals surface area (Å²) in [6.07, 6.45) is 59.8. The first-order valence-corrected chi connectivity index (χ1v) is 43.1. The zero-order chi connectivity index (χ0) is 70.5. The maximum Gasteiger partial charge on any atom is 0.472 e. The van der Waals surface area contributed by atoms with Gasteiger partial charge in [0.05, 0.1) is 26.4 Å². The summed E-state index contributed by atoms with van der Waals surface area (Å²) in [5.41, 5.74) is 0. The normalized spacial score (nSPS) is 13.9. The summed E-state index contributed by atoms with van der Waals surface area (Å²) in [6.45, 7) is 7.26. The molecule has 0 aromatic heterocycles. The lowest BCUT2D eigenvalue weighted by molar-refractivity contribution is -0.161. The van der Waals surface area contributed by atoms with Crippen molar-refractivity contribution in [3.8, 4) is 0 Å². The number of carbonyl (C=O) groups is 4. The molecular weight excluding hydrogens is 1260 g/mol. The summed E-state index contributed by atoms with van der Waals surface area (Å²) in [5, 5.41) is 10.6. The number of aliphatic hydroxyl groups excluding tert-OH is 1. The summed E-state index contributed by atoms with van der Waals surface area (Å²) >= 11 is 0. The molecule has 570 valence electrons. The zero-order valence-electron chi connectivity index (χ0n) is 62.5. The van der Waals surface area contributed by atoms with Crippen molar-refractivity contribution in [2.45, 2.75) is 425 Å². The van der Waals surface area contributed by atoms with Crippen molar-refractivity contribution in [3.63, 3.8) is 0 Å². The van der Waals surface area contributed by atoms with E-state index in [2.05, 4.69) is 34.6 Å². The highest BCUT2D eigenvalue weighted by Gasteiger charge is 2.30. The van der Waals surface area contributed by atoms with Crippen LogP contribution in [0.4, 0.5) is 0 Å². The summed E-state index contributed by atoms with van der Waals surface area (Å²) in [7, 11) is -9.91. The van der Waals surface area contributed by atoms with Crippen LogP contribution < -0.4 is 0 Å². The fraction of sp³-hybridized carbons (Fsp3) is 0.948. The minimum absolute atomic E-state index is 0.108. The number of phosphoric ester groups is 2. The Morgan fingerprint density at radius 3 is 0.708 bits per heavy atom. The van der Waals surface area contributed by atoms with E-state index in [-0.39, 0.29) is 25.7 Å². The Balaban J connectivity index is 5.16. The molecule has 0 amide bonds. The molecule has 0 aromatic rings. The van der Waals surface area contributed by atoms with Gasteiger partial charge >= 0.3 is 39.5 Å². The molecule has 0 aliphatic heterocycles. The Hall–Kier alpha value is -1.94. The Labute approximate surface area is 588 Å². The van der Waals surface area contributed by atoms with Crippen LogP contribution in [0.3, 0.4) is 0 Å². The maximum atomic E-state index is 13.1. The van der Waals surface area contributed by atoms with Gasteiger partial charge in [-0.25, -0.2) is 9.13 Å². The Morgan fingerprint density at radius 1 is 0.281 bits per heavy atom. The maximum absolute atomic E-state index is 13.1. The number of rotatable bonds is 77. The molecule has 17 nitrogen and oxygen atoms in total. The van der Waals surface area contributed by atoms with E-state index in [1.54, 1.807) is 0 Å². The summed E-state index contributed by atoms with van der Waals surface area (Å²) in [5.74, 6) is -1.35. The van der Waals surface area contributed by atoms with Gasteiger partial charge in [-0.05, 0) is 31.6 Å². The average Bonchev–Trinajstić information content (AvgIpc) is 2.49. The zero-order valence-corrected chi connectivity index (χ0v) is 64.3. The minimum Gasteiger partial charge on any atom is -0.462 e. The smallest absolute Gasteiger partial charge is 0.462 e. The van der Waals surface area contributed by atoms with Gasteiger partial charge < -0.3 is 33.8 Å². The quantitative estimate of drug-likeness (QED) is 0.0222. The van der Waals surface area contributed by atoms with Gasteiger partial charge in [0, 0.05) is 25.7 Å². The average molecular weight is 1410 g/mol. The second kappa shape index (κ2) is 70.1. The van der Waals surface area contributed by atoms with Crippen LogP contribution in [0.5, 0.6) is 0 Å². The lowest BCUT2D eigenvalue weighted by Crippen LogP contribution is -2.30. The Morgan fingerprint density at radius 2 is 0.479 bits per heavy atom. The highest BCUT2D eigenvalue weighted by molar-refractivity contribution is 7.47. The molecule has 5 atom stereocenters. The second-order valence-corrected chi connectivity index (χ2v) is 31.1. The van der Waals surface area contributed by atoms with Crippen molar-refractivity contribution in [1.29, 1.82) is 0 Å². The molecule has 0 aromatic carbocycles. The fourth-order valence-corrected chi connectivity index (χ4v) is 13.5. The van der Waals surface area contributed by atoms with E-state index in [0.717, 1.165) is 109 Å². The molecule has 0 aliphatic carbocycles. The molecule has 96 heavy (non-hydrogen) atoms. The van der Waals surface area contributed by atoms with Crippen LogP contribution in [0.1, 0.15) is 407 Å². The molecule has 0 aliphatic rings. The standard InChI is InChI=1S/C77H150O17P2/c1-6-9-12-15-18-20-22-24-26-27-28-29-30-31-32-34-38-43-48-53-58-63-77(82)94-73(67-88-75(80)61-56-51-46-41-39-35-36-40-45-49-54-59-70(4)5)69-92-96(85,86)90-65-71(78)64-89-95(83,84)91-68-72(66-87-74(79)60-55-50-44-17-14-11-8-3)93-76(81)62-57-52-47-42-37-33-25-23-21-19-16-13-10-7-2/h70-73,78H,6-69H2,1-5H3,(H,83,84)(H,85,86)/t71-,72+,73+/m0/s1. The highest BCUT2D eigenvalue weighted by Crippen LogP contribution is 2.45. The Kier molecular flexibility index (Phi) is 68.7. The van der Waals surface area contributed by atoms with Crippen LogP contribution in [-0.4, -0.2) is 96.7 Å². The number of esters is 4. The van der Waals surface area contributed by atoms with Crippen LogP contribution in [0.15, 0.2) is 0 Å². The van der Waals surface area contributed by atoms with Crippen molar-refractivity contribution >= 4 is 39.5 Å². The molecule has 3 N–H and O–H groups in total. The van der Waals surface area contributed by atoms with Gasteiger partial charge in [-0.2, -0.15) is 0 Å². The van der Waals surface area contributed by atoms with E-state index in [9.17, 15) is 43.2 Å². The third-order valence-corrected chi connectivity index (χ3v) is 19.9. The molecule has 0 bridgehead atoms. The first kappa shape index (κ1) is 94.1. The summed E-state index contributed by atoms with van der Waals surface area (Å²) in [4.78, 5) is 72.7. The molecule has 19 heteroatoms. The van der Waals surface area contributed by atoms with E-state index in [0.29, 0.717) is 25.7 Å². The van der Waals surface area contributed by atoms with Crippen LogP contribution in [0.25, 0.3) is 0 Å². The van der Waals surface area contributed by atoms with Gasteiger partial charge in [0.15, 0.2) is 12.2 Å². The van der Waals surface area contributed by atoms with Gasteiger partial charge in [-0.15, -0.1) is 0 Å². The third kappa shape index (κ3) is 70.5. The van der Waals surface area contributed by atoms with E-state index in [4.69, 9.17) is 37.0 Å². The second-order valence-electron chi connectivity index (χ2n) is 28.2. The predicted molar refractivity (Wildman–Crippen MR) is 391 cm³/mol. The molecule has 0 heterocycles. The van der Waals surface area contributed by atoms with Crippen LogP contribution in [0, 0.1) is 5.92 Å². The van der Waals surface area contributed by atoms with Gasteiger partial charge in [-0.3, -0.25) is 37.3 Å². The predicted octanol–water partition coefficient (Wildman–Crippen LogP) is 22.9. The highest BCUT2D eigenvalue weighted by atomic mass is 31.2. The van der Waals surface area contributed by atoms with Crippen molar-refractivity contribution in [2.24, 2.45) is 5.92 Å². The SMILES string of the molecule is CCCCCCCCCCCCCCCCCCCCCCCC(=O)O[C@H](COC(=O)CCCCCCCCCCCCCC(C)C)COP(=O)(O)OC[C@@H](O)COP(=O)(O)OC[C@@H](COC(=O)CCCCCCCCC)OC(=O)CCCCCCCCCCCCCCCC. The monoisotopic (exact) mass is 1410 g/mol. The van der Waals surface area contributed by atoms with Crippen molar-refractivity contribution in [3.05, 3.63) is 0 Å². The van der Waals surface area contributed by atoms with E-state index in [1.165, 1.54) is 218 Å². The summed E-state index contributed by atoms with van der Waals surface area (Å²) in [6, 6.07) is 0. The third-order valence-electron chi connectivity index (χ3n) is 18.0. The molecule has 0 spiro atoms. The van der Waals surface area contributed by atoms with E-state index < -0.39 is 97.5 Å². The Bertz CT molecular complexity index is 1840. The van der Waals surface area contributed by atoms with Crippen molar-refractivity contribution in [2.75, 3.05) is 39.6 Å². The van der Waals surface area contributed by atoms with Gasteiger partial charge in [0.1, 0.15) is 19.3 Å². The number of hydrogen-bond acceptors (Lipinski definition) is 15. The number of hydrogen-bond donors (Lipinski definition) is 3. The molecule has 0 radical (unpaired) electrons. The van der Waals surface area contributed by atoms with Gasteiger partial charge in [-0.1, -0.05) is 356 Å². The van der Waals surface area contributed by atoms with Crippen LogP contribution >= 0.6 is 15.6 Å². The lowest BCUT2D eigenvalue weighted by Gasteiger charge is -2.21. The largest absolute Gasteiger partial charge is 0.472 e. The molecular formula is C77H150O17P2. The number of unbranched alkanes of at least 4 members (excludes halogenated alkanes) is 49. The molecule has 0 saturated carbocycles. The first-order valence-electron chi connectivity index (χ1n) is 40.1. The topological polar surface area (TPSA) is 237 Å². The lowest BCUT2D eigenvalue weighted by atomic mass is 10.0. The number of aliphatic hydroxyl groups is 1. The fourth-order valence-electron chi connectivity index (χ4n) is 11.9. The molecule has 0 saturated heterocycles. The molecule has 0 rings (SSSR count). The van der Waals surface area contributed by atoms with E-state index >= 15 is 0 Å². The minimum atomic E-state index is -4.96. The first-order chi connectivity index (χ1) is 46.5. The molecule has 2 unspecified atom stereocenters. The van der Waals surface area contributed by atoms with Crippen LogP contribution in [-0.2, 0) is 65.4 Å². The number of carbonyl (C=O) groups excluding carboxylic acids is 4. The number of ether oxygens (including phenoxy) is 4.